The quantitative estimate of drug-likeness (QED) is 0.0956. The lowest BCUT2D eigenvalue weighted by atomic mass is 9.70. The number of hydrogen-bond acceptors (Lipinski definition) is 6. The smallest absolute Gasteiger partial charge is 0.396 e. The third kappa shape index (κ3) is 9.49. The highest BCUT2D eigenvalue weighted by atomic mass is 28.3. The van der Waals surface area contributed by atoms with Crippen molar-refractivity contribution in [1.82, 2.24) is 14.8 Å². The van der Waals surface area contributed by atoms with Crippen molar-refractivity contribution in [1.29, 1.82) is 0 Å². The first-order chi connectivity index (χ1) is 21.6. The number of para-hydroxylation sites is 1. The van der Waals surface area contributed by atoms with E-state index in [1.54, 1.807) is 39.9 Å². The highest BCUT2D eigenvalue weighted by Gasteiger charge is 2.61. The van der Waals surface area contributed by atoms with Gasteiger partial charge in [-0.2, -0.15) is 13.2 Å². The van der Waals surface area contributed by atoms with Crippen LogP contribution >= 0.6 is 0 Å². The fourth-order valence-corrected chi connectivity index (χ4v) is 8.50. The first-order valence-electron chi connectivity index (χ1n) is 16.6. The second-order valence-corrected chi connectivity index (χ2v) is 23.1. The van der Waals surface area contributed by atoms with Crippen LogP contribution in [-0.2, 0) is 38.4 Å². The Morgan fingerprint density at radius 3 is 2.30 bits per heavy atom. The predicted molar refractivity (Wildman–Crippen MR) is 184 cm³/mol. The van der Waals surface area contributed by atoms with Gasteiger partial charge in [0.15, 0.2) is 0 Å². The minimum atomic E-state index is -4.61. The second kappa shape index (κ2) is 15.1. The number of benzene rings is 1. The number of halogens is 3. The summed E-state index contributed by atoms with van der Waals surface area (Å²) in [5, 5.41) is 3.73. The summed E-state index contributed by atoms with van der Waals surface area (Å²) < 4.78 is 64.2. The maximum absolute atomic E-state index is 14.8. The maximum atomic E-state index is 14.8. The number of nitrogens with zero attached hydrogens (tertiary/aromatic N) is 2. The molecule has 0 fully saturated rings. The van der Waals surface area contributed by atoms with Crippen LogP contribution in [0.15, 0.2) is 18.2 Å². The Kier molecular flexibility index (Phi) is 12.6. The van der Waals surface area contributed by atoms with Gasteiger partial charge in [0.05, 0.1) is 24.2 Å². The molecule has 0 bridgehead atoms. The van der Waals surface area contributed by atoms with Crippen molar-refractivity contribution in [3.8, 4) is 0 Å². The highest BCUT2D eigenvalue weighted by Crippen LogP contribution is 2.49. The van der Waals surface area contributed by atoms with Crippen LogP contribution in [-0.4, -0.2) is 76.7 Å². The molecule has 1 aromatic heterocycles. The van der Waals surface area contributed by atoms with Crippen molar-refractivity contribution < 1.29 is 36.7 Å². The van der Waals surface area contributed by atoms with E-state index in [-0.39, 0.29) is 19.9 Å². The molecule has 3 rings (SSSR count). The highest BCUT2D eigenvalue weighted by molar-refractivity contribution is 6.76. The van der Waals surface area contributed by atoms with Crippen molar-refractivity contribution in [2.75, 3.05) is 26.3 Å². The number of carbonyl (C=O) groups excluding carboxylic acids is 2. The van der Waals surface area contributed by atoms with Crippen molar-refractivity contribution in [3.05, 3.63) is 35.0 Å². The molecule has 0 aliphatic carbocycles. The van der Waals surface area contributed by atoms with E-state index in [0.717, 1.165) is 28.2 Å². The second-order valence-electron chi connectivity index (χ2n) is 15.4. The van der Waals surface area contributed by atoms with Crippen LogP contribution in [0.2, 0.25) is 38.8 Å². The summed E-state index contributed by atoms with van der Waals surface area (Å²) in [5.41, 5.74) is 0.0189. The Balaban J connectivity index is 1.99. The van der Waals surface area contributed by atoms with Gasteiger partial charge in [-0.1, -0.05) is 66.4 Å². The summed E-state index contributed by atoms with van der Waals surface area (Å²) in [6.45, 7) is 22.0. The lowest BCUT2D eigenvalue weighted by Gasteiger charge is -2.51. The molecule has 0 saturated carbocycles. The fraction of sp³-hybridized carbons (Fsp3) is 0.706. The summed E-state index contributed by atoms with van der Waals surface area (Å²) >= 11 is 0. The van der Waals surface area contributed by atoms with E-state index in [4.69, 9.17) is 13.9 Å². The average Bonchev–Trinajstić information content (AvgIpc) is 3.21. The maximum Gasteiger partial charge on any atom is 0.396 e. The van der Waals surface area contributed by atoms with Gasteiger partial charge < -0.3 is 23.8 Å². The molecule has 13 heteroatoms. The third-order valence-corrected chi connectivity index (χ3v) is 11.1. The van der Waals surface area contributed by atoms with Gasteiger partial charge in [-0.3, -0.25) is 9.69 Å². The van der Waals surface area contributed by atoms with Crippen LogP contribution < -0.4 is 5.32 Å². The van der Waals surface area contributed by atoms with Gasteiger partial charge in [0.1, 0.15) is 18.4 Å². The van der Waals surface area contributed by atoms with Gasteiger partial charge in [-0.15, -0.1) is 0 Å². The zero-order valence-electron chi connectivity index (χ0n) is 30.1. The first-order valence-corrected chi connectivity index (χ1v) is 22.7. The SMILES string of the molecule is CCOC(=O)c1cccc2c3c(n(COCC[Si](C)(C)C)c12)CN(CC(=O)NC(O[Si](C)C)(C(C)C)C(C(C)(C)C)C(F)(F)F)CC3. The molecule has 2 unspecified atom stereocenters. The van der Waals surface area contributed by atoms with E-state index < -0.39 is 58.1 Å². The number of hydrogen-bond donors (Lipinski definition) is 1. The van der Waals surface area contributed by atoms with Crippen LogP contribution in [0.3, 0.4) is 0 Å². The Morgan fingerprint density at radius 1 is 1.11 bits per heavy atom. The number of carbonyl (C=O) groups is 2. The summed E-state index contributed by atoms with van der Waals surface area (Å²) in [7, 11) is -2.99. The van der Waals surface area contributed by atoms with Crippen LogP contribution in [0, 0.1) is 17.3 Å². The fourth-order valence-electron chi connectivity index (χ4n) is 6.66. The predicted octanol–water partition coefficient (Wildman–Crippen LogP) is 7.45. The Morgan fingerprint density at radius 2 is 1.77 bits per heavy atom. The largest absolute Gasteiger partial charge is 0.462 e. The number of esters is 1. The van der Waals surface area contributed by atoms with Gasteiger partial charge in [0, 0.05) is 44.8 Å². The van der Waals surface area contributed by atoms with Gasteiger partial charge in [-0.05, 0) is 49.5 Å². The molecule has 1 amide bonds. The van der Waals surface area contributed by atoms with Crippen LogP contribution in [0.4, 0.5) is 13.2 Å². The number of fused-ring (bicyclic) bond motifs is 3. The molecule has 0 saturated heterocycles. The van der Waals surface area contributed by atoms with E-state index >= 15 is 0 Å². The molecule has 265 valence electrons. The van der Waals surface area contributed by atoms with Gasteiger partial charge >= 0.3 is 12.1 Å². The van der Waals surface area contributed by atoms with E-state index in [1.165, 1.54) is 20.8 Å². The molecule has 0 spiro atoms. The van der Waals surface area contributed by atoms with Crippen molar-refractivity contribution >= 4 is 39.9 Å². The van der Waals surface area contributed by atoms with Crippen molar-refractivity contribution in [2.45, 2.75) is 112 Å². The first kappa shape index (κ1) is 39.2. The number of amides is 1. The molecule has 2 aromatic rings. The van der Waals surface area contributed by atoms with Gasteiger partial charge in [-0.25, -0.2) is 4.79 Å². The molecule has 1 aliphatic heterocycles. The zero-order valence-corrected chi connectivity index (χ0v) is 32.1. The summed E-state index contributed by atoms with van der Waals surface area (Å²) in [6.07, 6.45) is -4.01. The number of alkyl halides is 3. The van der Waals surface area contributed by atoms with E-state index in [0.29, 0.717) is 31.7 Å². The lowest BCUT2D eigenvalue weighted by molar-refractivity contribution is -0.265. The van der Waals surface area contributed by atoms with E-state index in [9.17, 15) is 22.8 Å². The molecular formula is C34H55F3N3O5Si2. The normalized spacial score (nSPS) is 16.8. The molecule has 2 heterocycles. The molecule has 2 atom stereocenters. The molecule has 1 aliphatic rings. The third-order valence-electron chi connectivity index (χ3n) is 8.62. The summed E-state index contributed by atoms with van der Waals surface area (Å²) in [4.78, 5) is 28.8. The molecular weight excluding hydrogens is 644 g/mol. The van der Waals surface area contributed by atoms with Gasteiger partial charge in [0.25, 0.3) is 0 Å². The van der Waals surface area contributed by atoms with Gasteiger partial charge in [0.2, 0.25) is 14.9 Å². The topological polar surface area (TPSA) is 82.0 Å². The van der Waals surface area contributed by atoms with Crippen LogP contribution in [0.1, 0.15) is 63.2 Å². The molecule has 1 radical (unpaired) electrons. The van der Waals surface area contributed by atoms with E-state index in [2.05, 4.69) is 25.0 Å². The molecule has 1 N–H and O–H groups in total. The van der Waals surface area contributed by atoms with Crippen molar-refractivity contribution in [3.63, 3.8) is 0 Å². The Hall–Kier alpha value is -2.20. The minimum absolute atomic E-state index is 0.107. The van der Waals surface area contributed by atoms with Crippen molar-refractivity contribution in [2.24, 2.45) is 17.3 Å². The van der Waals surface area contributed by atoms with E-state index in [1.807, 2.05) is 21.6 Å². The standard InChI is InChI=1S/C34H55F3N3O5Si2/c1-12-44-30(42)26-15-13-14-25-24-16-17-39(20-27(24)40(29(25)26)22-43-18-19-47(9,10)11)21-28(41)38-33(23(2)3,45-46(7)8)31(32(4,5)6)34(35,36)37/h13-15,23,31H,12,16-22H2,1-11H3,(H,38,41). The number of aromatic nitrogens is 1. The Labute approximate surface area is 281 Å². The lowest BCUT2D eigenvalue weighted by Crippen LogP contribution is -2.67. The molecule has 47 heavy (non-hydrogen) atoms. The minimum Gasteiger partial charge on any atom is -0.462 e. The number of ether oxygens (including phenoxy) is 2. The summed E-state index contributed by atoms with van der Waals surface area (Å²) in [5.74, 6) is -3.52. The Bertz CT molecular complexity index is 1380. The summed E-state index contributed by atoms with van der Waals surface area (Å²) in [6, 6.07) is 6.58. The van der Waals surface area contributed by atoms with Crippen LogP contribution in [0.5, 0.6) is 0 Å². The average molecular weight is 699 g/mol. The van der Waals surface area contributed by atoms with Crippen LogP contribution in [0.25, 0.3) is 10.9 Å². The zero-order chi connectivity index (χ0) is 35.5. The number of nitrogens with one attached hydrogen (secondary N) is 1. The number of rotatable bonds is 14. The molecule has 8 nitrogen and oxygen atoms in total. The monoisotopic (exact) mass is 698 g/mol. The molecule has 1 aromatic carbocycles.